The number of benzene rings is 2. The van der Waals surface area contributed by atoms with Crippen LogP contribution in [-0.4, -0.2) is 14.7 Å². The van der Waals surface area contributed by atoms with Crippen LogP contribution in [0.4, 0.5) is 0 Å². The fourth-order valence-corrected chi connectivity index (χ4v) is 2.97. The lowest BCUT2D eigenvalue weighted by Gasteiger charge is -2.07. The SMILES string of the molecule is O=c1nc2n(c3ccccc13)CCC2=Cc1ccccc1O. The maximum absolute atomic E-state index is 12.2. The van der Waals surface area contributed by atoms with Gasteiger partial charge in [0.1, 0.15) is 11.6 Å². The standard InChI is InChI=1S/C18H14N2O2/c21-16-8-4-1-5-12(16)11-13-9-10-20-15-7-3-2-6-14(15)18(22)19-17(13)20/h1-8,11,21H,9-10H2. The van der Waals surface area contributed by atoms with Crippen LogP contribution in [0.2, 0.25) is 0 Å². The van der Waals surface area contributed by atoms with Gasteiger partial charge in [-0.2, -0.15) is 4.98 Å². The van der Waals surface area contributed by atoms with Gasteiger partial charge in [-0.05, 0) is 36.3 Å². The van der Waals surface area contributed by atoms with Gasteiger partial charge in [-0.3, -0.25) is 4.79 Å². The van der Waals surface area contributed by atoms with Crippen molar-refractivity contribution >= 4 is 22.6 Å². The van der Waals surface area contributed by atoms with Crippen LogP contribution in [0.25, 0.3) is 22.6 Å². The minimum absolute atomic E-state index is 0.202. The number of para-hydroxylation sites is 2. The third-order valence-electron chi connectivity index (χ3n) is 4.05. The van der Waals surface area contributed by atoms with Crippen LogP contribution in [0.15, 0.2) is 53.3 Å². The van der Waals surface area contributed by atoms with Crippen molar-refractivity contribution in [2.24, 2.45) is 0 Å². The molecule has 0 bridgehead atoms. The number of hydrogen-bond donors (Lipinski definition) is 1. The second-order valence-electron chi connectivity index (χ2n) is 5.39. The summed E-state index contributed by atoms with van der Waals surface area (Å²) < 4.78 is 2.07. The molecule has 0 saturated heterocycles. The summed E-state index contributed by atoms with van der Waals surface area (Å²) in [7, 11) is 0. The minimum Gasteiger partial charge on any atom is -0.507 e. The second kappa shape index (κ2) is 4.84. The second-order valence-corrected chi connectivity index (χ2v) is 5.39. The van der Waals surface area contributed by atoms with Crippen LogP contribution in [-0.2, 0) is 6.54 Å². The van der Waals surface area contributed by atoms with Gasteiger partial charge in [0.25, 0.3) is 5.56 Å². The van der Waals surface area contributed by atoms with E-state index in [4.69, 9.17) is 0 Å². The molecule has 1 aromatic heterocycles. The van der Waals surface area contributed by atoms with Crippen molar-refractivity contribution in [3.05, 3.63) is 70.3 Å². The van der Waals surface area contributed by atoms with Gasteiger partial charge < -0.3 is 9.67 Å². The third-order valence-corrected chi connectivity index (χ3v) is 4.05. The first-order chi connectivity index (χ1) is 10.7. The van der Waals surface area contributed by atoms with Crippen LogP contribution in [0.3, 0.4) is 0 Å². The van der Waals surface area contributed by atoms with E-state index in [1.54, 1.807) is 12.1 Å². The molecule has 0 fully saturated rings. The monoisotopic (exact) mass is 290 g/mol. The van der Waals surface area contributed by atoms with Gasteiger partial charge in [0.2, 0.25) is 0 Å². The molecule has 2 aromatic carbocycles. The lowest BCUT2D eigenvalue weighted by Crippen LogP contribution is -2.14. The summed E-state index contributed by atoms with van der Waals surface area (Å²) in [5.41, 5.74) is 2.43. The first-order valence-electron chi connectivity index (χ1n) is 7.22. The molecule has 0 unspecified atom stereocenters. The van der Waals surface area contributed by atoms with E-state index in [9.17, 15) is 9.90 Å². The molecular formula is C18H14N2O2. The Bertz CT molecular complexity index is 970. The van der Waals surface area contributed by atoms with E-state index in [2.05, 4.69) is 9.55 Å². The first kappa shape index (κ1) is 12.8. The molecule has 4 heteroatoms. The lowest BCUT2D eigenvalue weighted by atomic mass is 10.1. The Morgan fingerprint density at radius 3 is 2.73 bits per heavy atom. The quantitative estimate of drug-likeness (QED) is 0.749. The highest BCUT2D eigenvalue weighted by Crippen LogP contribution is 2.31. The van der Waals surface area contributed by atoms with E-state index >= 15 is 0 Å². The zero-order valence-electron chi connectivity index (χ0n) is 11.9. The van der Waals surface area contributed by atoms with E-state index in [-0.39, 0.29) is 11.3 Å². The third kappa shape index (κ3) is 1.92. The number of aromatic hydroxyl groups is 1. The molecule has 0 radical (unpaired) electrons. The summed E-state index contributed by atoms with van der Waals surface area (Å²) in [6.45, 7) is 0.794. The van der Waals surface area contributed by atoms with Gasteiger partial charge in [0.05, 0.1) is 10.9 Å². The number of nitrogens with zero attached hydrogens (tertiary/aromatic N) is 2. The Hall–Kier alpha value is -2.88. The largest absolute Gasteiger partial charge is 0.507 e. The summed E-state index contributed by atoms with van der Waals surface area (Å²) in [6, 6.07) is 14.7. The molecule has 2 heterocycles. The van der Waals surface area contributed by atoms with Gasteiger partial charge in [-0.15, -0.1) is 0 Å². The number of aromatic nitrogens is 2. The zero-order chi connectivity index (χ0) is 15.1. The average Bonchev–Trinajstić information content (AvgIpc) is 2.93. The smallest absolute Gasteiger partial charge is 0.281 e. The number of phenolic OH excluding ortho intramolecular Hbond substituents is 1. The van der Waals surface area contributed by atoms with Crippen molar-refractivity contribution in [1.29, 1.82) is 0 Å². The van der Waals surface area contributed by atoms with E-state index in [1.807, 2.05) is 42.5 Å². The lowest BCUT2D eigenvalue weighted by molar-refractivity contribution is 0.474. The molecule has 108 valence electrons. The number of phenols is 1. The first-order valence-corrected chi connectivity index (χ1v) is 7.22. The highest BCUT2D eigenvalue weighted by atomic mass is 16.3. The molecular weight excluding hydrogens is 276 g/mol. The Morgan fingerprint density at radius 2 is 1.86 bits per heavy atom. The van der Waals surface area contributed by atoms with Crippen molar-refractivity contribution in [1.82, 2.24) is 9.55 Å². The summed E-state index contributed by atoms with van der Waals surface area (Å²) in [4.78, 5) is 16.4. The molecule has 0 saturated carbocycles. The van der Waals surface area contributed by atoms with E-state index < -0.39 is 0 Å². The maximum atomic E-state index is 12.2. The molecule has 0 atom stereocenters. The molecule has 4 rings (SSSR count). The predicted molar refractivity (Wildman–Crippen MR) is 86.6 cm³/mol. The molecule has 1 N–H and O–H groups in total. The average molecular weight is 290 g/mol. The molecule has 4 nitrogen and oxygen atoms in total. The van der Waals surface area contributed by atoms with Crippen LogP contribution in [0, 0.1) is 0 Å². The maximum Gasteiger partial charge on any atom is 0.281 e. The fraction of sp³-hybridized carbons (Fsp3) is 0.111. The summed E-state index contributed by atoms with van der Waals surface area (Å²) in [5, 5.41) is 10.6. The predicted octanol–water partition coefficient (Wildman–Crippen LogP) is 3.05. The highest BCUT2D eigenvalue weighted by molar-refractivity contribution is 5.86. The Kier molecular flexibility index (Phi) is 2.82. The van der Waals surface area contributed by atoms with Gasteiger partial charge in [0.15, 0.2) is 0 Å². The van der Waals surface area contributed by atoms with Crippen LogP contribution >= 0.6 is 0 Å². The number of fused-ring (bicyclic) bond motifs is 3. The van der Waals surface area contributed by atoms with Crippen LogP contribution in [0.1, 0.15) is 17.8 Å². The molecule has 1 aliphatic rings. The van der Waals surface area contributed by atoms with E-state index in [0.29, 0.717) is 11.2 Å². The van der Waals surface area contributed by atoms with E-state index in [0.717, 1.165) is 29.6 Å². The van der Waals surface area contributed by atoms with Crippen molar-refractivity contribution in [3.63, 3.8) is 0 Å². The Morgan fingerprint density at radius 1 is 1.09 bits per heavy atom. The fourth-order valence-electron chi connectivity index (χ4n) is 2.97. The minimum atomic E-state index is -0.202. The topological polar surface area (TPSA) is 55.1 Å². The number of allylic oxidation sites excluding steroid dienone is 1. The molecule has 0 aliphatic carbocycles. The number of hydrogen-bond acceptors (Lipinski definition) is 3. The summed E-state index contributed by atoms with van der Waals surface area (Å²) in [6.07, 6.45) is 2.71. The van der Waals surface area contributed by atoms with Gasteiger partial charge >= 0.3 is 0 Å². The Balaban J connectivity index is 1.94. The van der Waals surface area contributed by atoms with Crippen molar-refractivity contribution in [2.45, 2.75) is 13.0 Å². The van der Waals surface area contributed by atoms with Gasteiger partial charge in [-0.25, -0.2) is 0 Å². The highest BCUT2D eigenvalue weighted by Gasteiger charge is 2.20. The zero-order valence-corrected chi connectivity index (χ0v) is 11.9. The Labute approximate surface area is 127 Å². The van der Waals surface area contributed by atoms with Crippen molar-refractivity contribution in [3.8, 4) is 5.75 Å². The van der Waals surface area contributed by atoms with Crippen LogP contribution in [0.5, 0.6) is 5.75 Å². The summed E-state index contributed by atoms with van der Waals surface area (Å²) in [5.74, 6) is 0.934. The van der Waals surface area contributed by atoms with Gasteiger partial charge in [0, 0.05) is 12.1 Å². The molecule has 22 heavy (non-hydrogen) atoms. The van der Waals surface area contributed by atoms with Crippen molar-refractivity contribution < 1.29 is 5.11 Å². The molecule has 1 aliphatic heterocycles. The molecule has 3 aromatic rings. The van der Waals surface area contributed by atoms with Crippen LogP contribution < -0.4 is 5.56 Å². The summed E-state index contributed by atoms with van der Waals surface area (Å²) >= 11 is 0. The van der Waals surface area contributed by atoms with Gasteiger partial charge in [-0.1, -0.05) is 30.3 Å². The normalized spacial score (nSPS) is 15.4. The number of aryl methyl sites for hydroxylation is 1. The van der Waals surface area contributed by atoms with E-state index in [1.165, 1.54) is 0 Å². The molecule has 0 amide bonds. The molecule has 0 spiro atoms. The van der Waals surface area contributed by atoms with Crippen molar-refractivity contribution in [2.75, 3.05) is 0 Å². The number of rotatable bonds is 1.